The van der Waals surface area contributed by atoms with E-state index in [0.717, 1.165) is 12.8 Å². The van der Waals surface area contributed by atoms with E-state index in [0.29, 0.717) is 33.5 Å². The predicted octanol–water partition coefficient (Wildman–Crippen LogP) is 6.15. The molecule has 186 valence electrons. The average Bonchev–Trinajstić information content (AvgIpc) is 3.71. The number of rotatable bonds is 7. The van der Waals surface area contributed by atoms with Crippen LogP contribution < -0.4 is 5.32 Å². The highest BCUT2D eigenvalue weighted by Crippen LogP contribution is 2.43. The summed E-state index contributed by atoms with van der Waals surface area (Å²) in [6, 6.07) is 16.3. The molecule has 0 spiro atoms. The second kappa shape index (κ2) is 9.72. The van der Waals surface area contributed by atoms with Crippen LogP contribution in [-0.4, -0.2) is 30.6 Å². The number of hydrogen-bond acceptors (Lipinski definition) is 6. The topological polar surface area (TPSA) is 134 Å². The van der Waals surface area contributed by atoms with E-state index in [1.165, 1.54) is 12.1 Å². The fourth-order valence-corrected chi connectivity index (χ4v) is 4.23. The molecule has 0 bridgehead atoms. The monoisotopic (exact) mass is 507 g/mol. The van der Waals surface area contributed by atoms with Gasteiger partial charge in [-0.25, -0.2) is 24.0 Å². The lowest BCUT2D eigenvalue weighted by Crippen LogP contribution is -2.15. The molecule has 38 heavy (non-hydrogen) atoms. The van der Waals surface area contributed by atoms with Crippen LogP contribution in [0.25, 0.3) is 33.0 Å². The van der Waals surface area contributed by atoms with Crippen molar-refractivity contribution in [2.75, 3.05) is 5.32 Å². The molecule has 0 saturated heterocycles. The molecule has 1 N–H and O–H groups in total. The zero-order valence-electron chi connectivity index (χ0n) is 20.9. The molecule has 1 aliphatic carbocycles. The maximum absolute atomic E-state index is 14.4. The summed E-state index contributed by atoms with van der Waals surface area (Å²) in [6.07, 6.45) is 3.36. The number of halogens is 1. The van der Waals surface area contributed by atoms with E-state index in [1.807, 2.05) is 6.07 Å². The van der Waals surface area contributed by atoms with Crippen molar-refractivity contribution >= 4 is 28.4 Å². The van der Waals surface area contributed by atoms with Crippen LogP contribution in [0, 0.1) is 5.82 Å². The minimum Gasteiger partial charge on any atom is -0.306 e. The molecule has 0 radical (unpaired) electrons. The normalized spacial score (nSPS) is 13.1. The predicted molar refractivity (Wildman–Crippen MR) is 139 cm³/mol. The van der Waals surface area contributed by atoms with Crippen molar-refractivity contribution in [3.63, 3.8) is 0 Å². The van der Waals surface area contributed by atoms with Gasteiger partial charge in [-0.1, -0.05) is 35.4 Å². The van der Waals surface area contributed by atoms with E-state index in [4.69, 9.17) is 6.90 Å². The second-order valence-electron chi connectivity index (χ2n) is 8.86. The summed E-state index contributed by atoms with van der Waals surface area (Å²) < 4.78 is 24.6. The first-order valence-corrected chi connectivity index (χ1v) is 11.9. The summed E-state index contributed by atoms with van der Waals surface area (Å²) in [5.41, 5.74) is 11.2. The highest BCUT2D eigenvalue weighted by atomic mass is 19.1. The molecule has 2 aromatic carbocycles. The molecule has 3 aromatic heterocycles. The number of benzene rings is 2. The standard InChI is InChI=1S/C27H20FN9O/c28-22-9-2-1-5-18(22)15-37-26-20(8-4-12-30-26)23(35-37)25-31-14-21(16-10-11-16)24(32-25)33-27(38)17-6-3-7-19(13-17)34-36-29/h1-9,12-14,16H,10-11,15H2,(H,31,32,33,38)/i14T. The SMILES string of the molecule is [3H]c1nc(-c2nn(Cc3ccccc3F)c3ncccc23)nc(NC(=O)c2cccc(N=[N+]=[N-])c2)c1C1CC1. The Bertz CT molecular complexity index is 1790. The molecule has 0 atom stereocenters. The Morgan fingerprint density at radius 3 is 2.87 bits per heavy atom. The van der Waals surface area contributed by atoms with E-state index in [9.17, 15) is 9.18 Å². The molecule has 6 rings (SSSR count). The molecule has 0 aliphatic heterocycles. The lowest BCUT2D eigenvalue weighted by Gasteiger charge is -2.11. The van der Waals surface area contributed by atoms with E-state index in [2.05, 4.69) is 35.4 Å². The quantitative estimate of drug-likeness (QED) is 0.160. The Labute approximate surface area is 217 Å². The molecule has 0 unspecified atom stereocenters. The van der Waals surface area contributed by atoms with Gasteiger partial charge in [0.25, 0.3) is 5.91 Å². The molecule has 11 heteroatoms. The zero-order chi connectivity index (χ0) is 26.9. The van der Waals surface area contributed by atoms with Gasteiger partial charge >= 0.3 is 0 Å². The van der Waals surface area contributed by atoms with Crippen LogP contribution in [0.5, 0.6) is 0 Å². The highest BCUT2D eigenvalue weighted by molar-refractivity contribution is 6.04. The van der Waals surface area contributed by atoms with Crippen molar-refractivity contribution in [2.24, 2.45) is 5.11 Å². The van der Waals surface area contributed by atoms with Crippen LogP contribution in [0.3, 0.4) is 0 Å². The van der Waals surface area contributed by atoms with Gasteiger partial charge in [-0.15, -0.1) is 0 Å². The van der Waals surface area contributed by atoms with Gasteiger partial charge in [0.2, 0.25) is 0 Å². The van der Waals surface area contributed by atoms with Crippen LogP contribution in [0.2, 0.25) is 0 Å². The fraction of sp³-hybridized carbons (Fsp3) is 0.148. The molecule has 5 aromatic rings. The van der Waals surface area contributed by atoms with Crippen molar-refractivity contribution in [1.29, 1.82) is 0 Å². The first-order chi connectivity index (χ1) is 19.0. The average molecular weight is 508 g/mol. The lowest BCUT2D eigenvalue weighted by atomic mass is 10.1. The Balaban J connectivity index is 1.42. The Morgan fingerprint density at radius 2 is 2.05 bits per heavy atom. The van der Waals surface area contributed by atoms with Gasteiger partial charge in [-0.3, -0.25) is 4.79 Å². The number of fused-ring (bicyclic) bond motifs is 1. The fourth-order valence-electron chi connectivity index (χ4n) is 4.23. The summed E-state index contributed by atoms with van der Waals surface area (Å²) in [7, 11) is 0. The molecule has 1 fully saturated rings. The van der Waals surface area contributed by atoms with Crippen molar-refractivity contribution < 1.29 is 10.6 Å². The van der Waals surface area contributed by atoms with Gasteiger partial charge in [0, 0.05) is 39.7 Å². The van der Waals surface area contributed by atoms with E-state index >= 15 is 0 Å². The van der Waals surface area contributed by atoms with Crippen molar-refractivity contribution in [3.8, 4) is 11.5 Å². The summed E-state index contributed by atoms with van der Waals surface area (Å²) >= 11 is 0. The lowest BCUT2D eigenvalue weighted by molar-refractivity contribution is 0.102. The van der Waals surface area contributed by atoms with Gasteiger partial charge in [0.05, 0.1) is 13.3 Å². The maximum Gasteiger partial charge on any atom is 0.256 e. The number of azide groups is 1. The number of pyridine rings is 1. The Morgan fingerprint density at radius 1 is 1.18 bits per heavy atom. The van der Waals surface area contributed by atoms with Gasteiger partial charge in [0.1, 0.15) is 17.3 Å². The molecule has 1 amide bonds. The second-order valence-corrected chi connectivity index (χ2v) is 8.86. The largest absolute Gasteiger partial charge is 0.306 e. The number of aromatic nitrogens is 5. The third-order valence-corrected chi connectivity index (χ3v) is 6.24. The number of nitrogens with zero attached hydrogens (tertiary/aromatic N) is 8. The van der Waals surface area contributed by atoms with Crippen LogP contribution in [0.4, 0.5) is 15.9 Å². The molecule has 3 heterocycles. The first-order valence-electron chi connectivity index (χ1n) is 12.4. The molecular weight excluding hydrogens is 485 g/mol. The van der Waals surface area contributed by atoms with E-state index in [-0.39, 0.29) is 41.7 Å². The molecular formula is C27H20FN9O. The number of nitrogens with one attached hydrogen (secondary N) is 1. The number of carbonyl (C=O) groups is 1. The molecule has 10 nitrogen and oxygen atoms in total. The minimum absolute atomic E-state index is 0.00123. The minimum atomic E-state index is -0.465. The smallest absolute Gasteiger partial charge is 0.256 e. The summed E-state index contributed by atoms with van der Waals surface area (Å²) in [5, 5.41) is 11.7. The first kappa shape index (κ1) is 22.1. The van der Waals surface area contributed by atoms with Crippen LogP contribution in [-0.2, 0) is 6.54 Å². The van der Waals surface area contributed by atoms with Gasteiger partial charge in [-0.2, -0.15) is 5.10 Å². The number of anilines is 1. The maximum atomic E-state index is 14.4. The van der Waals surface area contributed by atoms with Gasteiger partial charge < -0.3 is 5.32 Å². The van der Waals surface area contributed by atoms with Crippen LogP contribution in [0.15, 0.2) is 78.1 Å². The number of carbonyl (C=O) groups excluding carboxylic acids is 1. The summed E-state index contributed by atoms with van der Waals surface area (Å²) in [5.74, 6) is -0.368. The summed E-state index contributed by atoms with van der Waals surface area (Å²) in [4.78, 5) is 29.4. The van der Waals surface area contributed by atoms with Crippen LogP contribution >= 0.6 is 0 Å². The van der Waals surface area contributed by atoms with Crippen LogP contribution in [0.1, 0.15) is 41.6 Å². The highest BCUT2D eigenvalue weighted by Gasteiger charge is 2.29. The third-order valence-electron chi connectivity index (χ3n) is 6.24. The molecule has 1 saturated carbocycles. The van der Waals surface area contributed by atoms with Crippen molar-refractivity contribution in [3.05, 3.63) is 106 Å². The Hall–Kier alpha value is -5.15. The van der Waals surface area contributed by atoms with Crippen molar-refractivity contribution in [2.45, 2.75) is 25.3 Å². The van der Waals surface area contributed by atoms with Gasteiger partial charge in [0.15, 0.2) is 11.5 Å². The number of hydrogen-bond donors (Lipinski definition) is 1. The molecule has 1 aliphatic rings. The Kier molecular flexibility index (Phi) is 5.65. The van der Waals surface area contributed by atoms with Gasteiger partial charge in [-0.05, 0) is 54.6 Å². The van der Waals surface area contributed by atoms with Crippen molar-refractivity contribution in [1.82, 2.24) is 24.7 Å². The van der Waals surface area contributed by atoms with E-state index < -0.39 is 5.91 Å². The third kappa shape index (κ3) is 4.54. The summed E-state index contributed by atoms with van der Waals surface area (Å²) in [6.45, 7) is 0.138. The number of amides is 1. The zero-order valence-corrected chi connectivity index (χ0v) is 19.9. The van der Waals surface area contributed by atoms with E-state index in [1.54, 1.807) is 53.3 Å².